The van der Waals surface area contributed by atoms with Crippen molar-refractivity contribution in [2.24, 2.45) is 0 Å². The van der Waals surface area contributed by atoms with Gasteiger partial charge in [-0.25, -0.2) is 0 Å². The van der Waals surface area contributed by atoms with E-state index in [0.717, 1.165) is 61.0 Å². The van der Waals surface area contributed by atoms with Crippen molar-refractivity contribution in [2.45, 2.75) is 0 Å². The van der Waals surface area contributed by atoms with Crippen LogP contribution in [0.3, 0.4) is 0 Å². The highest BCUT2D eigenvalue weighted by Gasteiger charge is 2.22. The van der Waals surface area contributed by atoms with Gasteiger partial charge in [-0.2, -0.15) is 0 Å². The Morgan fingerprint density at radius 1 is 0.438 bits per heavy atom. The fraction of sp³-hybridized carbons (Fsp3) is 0. The largest absolute Gasteiger partial charge is 0.456 e. The van der Waals surface area contributed by atoms with Gasteiger partial charge in [0.2, 0.25) is 0 Å². The van der Waals surface area contributed by atoms with Gasteiger partial charge in [-0.05, 0) is 76.3 Å². The van der Waals surface area contributed by atoms with Gasteiger partial charge >= 0.3 is 0 Å². The molecule has 0 aliphatic rings. The zero-order chi connectivity index (χ0) is 31.9. The lowest BCUT2D eigenvalue weighted by molar-refractivity contribution is 0.669. The fourth-order valence-electron chi connectivity index (χ4n) is 6.79. The summed E-state index contributed by atoms with van der Waals surface area (Å²) in [5, 5.41) is 3.16. The molecular formula is C45H30N2O. The lowest BCUT2D eigenvalue weighted by Crippen LogP contribution is -2.11. The normalized spacial score (nSPS) is 11.3. The van der Waals surface area contributed by atoms with E-state index in [1.54, 1.807) is 0 Å². The summed E-state index contributed by atoms with van der Waals surface area (Å²) in [5.74, 6) is 0. The third kappa shape index (κ3) is 4.90. The van der Waals surface area contributed by atoms with E-state index in [1.165, 1.54) is 22.3 Å². The zero-order valence-electron chi connectivity index (χ0n) is 26.1. The first-order valence-corrected chi connectivity index (χ1v) is 16.2. The average molecular weight is 615 g/mol. The van der Waals surface area contributed by atoms with E-state index in [-0.39, 0.29) is 0 Å². The number of nitrogens with zero attached hydrogens (tertiary/aromatic N) is 2. The smallest absolute Gasteiger partial charge is 0.137 e. The van der Waals surface area contributed by atoms with Crippen LogP contribution in [0.4, 0.5) is 17.1 Å². The molecule has 0 unspecified atom stereocenters. The number of pyridine rings is 1. The highest BCUT2D eigenvalue weighted by atomic mass is 16.3. The number of hydrogen-bond acceptors (Lipinski definition) is 3. The van der Waals surface area contributed by atoms with Gasteiger partial charge in [-0.15, -0.1) is 0 Å². The van der Waals surface area contributed by atoms with Crippen molar-refractivity contribution in [3.05, 3.63) is 182 Å². The molecule has 0 saturated carbocycles. The first-order valence-electron chi connectivity index (χ1n) is 16.2. The number of para-hydroxylation sites is 1. The van der Waals surface area contributed by atoms with Gasteiger partial charge in [0, 0.05) is 28.2 Å². The quantitative estimate of drug-likeness (QED) is 0.187. The predicted octanol–water partition coefficient (Wildman–Crippen LogP) is 12.6. The minimum absolute atomic E-state index is 0.843. The Hall–Kier alpha value is -6.45. The van der Waals surface area contributed by atoms with E-state index in [4.69, 9.17) is 4.42 Å². The summed E-state index contributed by atoms with van der Waals surface area (Å²) >= 11 is 0. The van der Waals surface area contributed by atoms with Crippen molar-refractivity contribution < 1.29 is 4.42 Å². The second kappa shape index (κ2) is 11.7. The lowest BCUT2D eigenvalue weighted by Gasteiger charge is -2.28. The number of furan rings is 1. The first-order chi connectivity index (χ1) is 23.8. The SMILES string of the molecule is c1ccc(-c2ccc(-c3ccc(N(c4ccccc4-c4ccccc4)c4cccc5oc6cc7cccnc7cc6c45)cc3)cc2)cc1. The summed E-state index contributed by atoms with van der Waals surface area (Å²) < 4.78 is 6.50. The van der Waals surface area contributed by atoms with E-state index in [0.29, 0.717) is 0 Å². The molecule has 3 nitrogen and oxygen atoms in total. The Morgan fingerprint density at radius 2 is 1.04 bits per heavy atom. The molecule has 48 heavy (non-hydrogen) atoms. The van der Waals surface area contributed by atoms with Crippen LogP contribution in [0.5, 0.6) is 0 Å². The van der Waals surface area contributed by atoms with Crippen LogP contribution in [-0.2, 0) is 0 Å². The van der Waals surface area contributed by atoms with E-state index in [1.807, 2.05) is 12.3 Å². The predicted molar refractivity (Wildman–Crippen MR) is 200 cm³/mol. The zero-order valence-corrected chi connectivity index (χ0v) is 26.1. The highest BCUT2D eigenvalue weighted by molar-refractivity contribution is 6.16. The Labute approximate surface area is 279 Å². The van der Waals surface area contributed by atoms with Crippen LogP contribution < -0.4 is 4.90 Å². The number of rotatable bonds is 6. The number of fused-ring (bicyclic) bond motifs is 4. The maximum atomic E-state index is 6.50. The summed E-state index contributed by atoms with van der Waals surface area (Å²) in [4.78, 5) is 7.03. The molecule has 0 bridgehead atoms. The van der Waals surface area contributed by atoms with Crippen molar-refractivity contribution in [1.29, 1.82) is 0 Å². The first kappa shape index (κ1) is 27.8. The van der Waals surface area contributed by atoms with E-state index >= 15 is 0 Å². The maximum Gasteiger partial charge on any atom is 0.137 e. The average Bonchev–Trinajstić information content (AvgIpc) is 3.53. The van der Waals surface area contributed by atoms with Crippen molar-refractivity contribution in [1.82, 2.24) is 4.98 Å². The second-order valence-corrected chi connectivity index (χ2v) is 12.0. The minimum Gasteiger partial charge on any atom is -0.456 e. The van der Waals surface area contributed by atoms with Gasteiger partial charge in [0.25, 0.3) is 0 Å². The van der Waals surface area contributed by atoms with Crippen molar-refractivity contribution in [3.63, 3.8) is 0 Å². The van der Waals surface area contributed by atoms with Gasteiger partial charge in [-0.3, -0.25) is 4.98 Å². The Bertz CT molecular complexity index is 2540. The molecule has 0 N–H and O–H groups in total. The molecule has 2 heterocycles. The van der Waals surface area contributed by atoms with Gasteiger partial charge in [-0.1, -0.05) is 127 Å². The summed E-state index contributed by atoms with van der Waals surface area (Å²) in [6, 6.07) is 62.0. The summed E-state index contributed by atoms with van der Waals surface area (Å²) in [5.41, 5.74) is 12.9. The van der Waals surface area contributed by atoms with Crippen molar-refractivity contribution in [2.75, 3.05) is 4.90 Å². The van der Waals surface area contributed by atoms with Crippen LogP contribution in [-0.4, -0.2) is 4.98 Å². The van der Waals surface area contributed by atoms with Crippen molar-refractivity contribution in [3.8, 4) is 33.4 Å². The third-order valence-corrected chi connectivity index (χ3v) is 9.12. The number of aromatic nitrogens is 1. The molecule has 226 valence electrons. The second-order valence-electron chi connectivity index (χ2n) is 12.0. The van der Waals surface area contributed by atoms with Crippen LogP contribution in [0.1, 0.15) is 0 Å². The van der Waals surface area contributed by atoms with Gasteiger partial charge in [0.05, 0.1) is 22.3 Å². The Morgan fingerprint density at radius 3 is 1.77 bits per heavy atom. The summed E-state index contributed by atoms with van der Waals surface area (Å²) in [7, 11) is 0. The fourth-order valence-corrected chi connectivity index (χ4v) is 6.79. The Balaban J connectivity index is 1.22. The topological polar surface area (TPSA) is 29.3 Å². The lowest BCUT2D eigenvalue weighted by atomic mass is 9.99. The standard InChI is InChI=1S/C45H30N2O/c1-3-11-31(12-4-1)32-20-22-33(23-21-32)34-24-26-37(27-25-34)47(41-17-8-7-16-38(41)35-13-5-2-6-14-35)42-18-9-19-43-45(42)39-30-40-36(15-10-28-46-40)29-44(39)48-43/h1-30H. The van der Waals surface area contributed by atoms with Gasteiger partial charge < -0.3 is 9.32 Å². The molecule has 7 aromatic carbocycles. The molecule has 9 rings (SSSR count). The third-order valence-electron chi connectivity index (χ3n) is 9.12. The molecule has 3 heteroatoms. The monoisotopic (exact) mass is 614 g/mol. The van der Waals surface area contributed by atoms with Crippen LogP contribution in [0.25, 0.3) is 66.2 Å². The van der Waals surface area contributed by atoms with Crippen LogP contribution in [0, 0.1) is 0 Å². The van der Waals surface area contributed by atoms with E-state index in [9.17, 15) is 0 Å². The molecule has 0 saturated heterocycles. The molecular weight excluding hydrogens is 585 g/mol. The van der Waals surface area contributed by atoms with Gasteiger partial charge in [0.15, 0.2) is 0 Å². The van der Waals surface area contributed by atoms with Crippen LogP contribution in [0.2, 0.25) is 0 Å². The minimum atomic E-state index is 0.843. The molecule has 0 radical (unpaired) electrons. The molecule has 0 amide bonds. The van der Waals surface area contributed by atoms with Crippen LogP contribution in [0.15, 0.2) is 187 Å². The molecule has 2 aromatic heterocycles. The van der Waals surface area contributed by atoms with Crippen LogP contribution >= 0.6 is 0 Å². The number of benzene rings is 7. The van der Waals surface area contributed by atoms with Gasteiger partial charge in [0.1, 0.15) is 11.2 Å². The number of anilines is 3. The summed E-state index contributed by atoms with van der Waals surface area (Å²) in [6.07, 6.45) is 1.84. The molecule has 0 atom stereocenters. The maximum absolute atomic E-state index is 6.50. The van der Waals surface area contributed by atoms with Crippen molar-refractivity contribution >= 4 is 49.9 Å². The molecule has 0 fully saturated rings. The summed E-state index contributed by atoms with van der Waals surface area (Å²) in [6.45, 7) is 0. The molecule has 0 spiro atoms. The Kier molecular flexibility index (Phi) is 6.80. The molecule has 0 aliphatic carbocycles. The highest BCUT2D eigenvalue weighted by Crippen LogP contribution is 2.46. The number of hydrogen-bond donors (Lipinski definition) is 0. The van der Waals surface area contributed by atoms with E-state index in [2.05, 4.69) is 180 Å². The molecule has 0 aliphatic heterocycles. The molecule has 9 aromatic rings. The van der Waals surface area contributed by atoms with E-state index < -0.39 is 0 Å².